The standard InChI is InChI=1S/C9H10N6O4/c10-7-6(15(18)19)8(12-3-11-7)13-4-1-2-5(16)14-9(4)17/h3-4H,1-2H2,(H,14,16,17)(H3,10,11,12,13). The maximum Gasteiger partial charge on any atom is 0.353 e. The highest BCUT2D eigenvalue weighted by atomic mass is 16.6. The third-order valence-electron chi connectivity index (χ3n) is 2.58. The minimum Gasteiger partial charge on any atom is -0.378 e. The number of nitrogens with two attached hydrogens (primary N) is 1. The summed E-state index contributed by atoms with van der Waals surface area (Å²) in [5.41, 5.74) is 4.90. The Kier molecular flexibility index (Phi) is 3.23. The fraction of sp³-hybridized carbons (Fsp3) is 0.333. The zero-order valence-corrected chi connectivity index (χ0v) is 9.62. The van der Waals surface area contributed by atoms with Gasteiger partial charge in [0.25, 0.3) is 0 Å². The van der Waals surface area contributed by atoms with Gasteiger partial charge in [-0.2, -0.15) is 0 Å². The Hall–Kier alpha value is -2.78. The van der Waals surface area contributed by atoms with Crippen molar-refractivity contribution in [2.45, 2.75) is 18.9 Å². The molecular formula is C9H10N6O4. The van der Waals surface area contributed by atoms with E-state index < -0.39 is 22.6 Å². The van der Waals surface area contributed by atoms with Crippen molar-refractivity contribution in [2.75, 3.05) is 11.1 Å². The molecular weight excluding hydrogens is 256 g/mol. The molecule has 10 nitrogen and oxygen atoms in total. The highest BCUT2D eigenvalue weighted by molar-refractivity contribution is 6.01. The topological polar surface area (TPSA) is 153 Å². The molecule has 0 spiro atoms. The summed E-state index contributed by atoms with van der Waals surface area (Å²) in [5, 5.41) is 15.6. The first-order valence-corrected chi connectivity index (χ1v) is 5.34. The van der Waals surface area contributed by atoms with Crippen molar-refractivity contribution in [1.82, 2.24) is 15.3 Å². The summed E-state index contributed by atoms with van der Waals surface area (Å²) < 4.78 is 0. The van der Waals surface area contributed by atoms with Gasteiger partial charge in [-0.25, -0.2) is 9.97 Å². The Morgan fingerprint density at radius 3 is 2.84 bits per heavy atom. The van der Waals surface area contributed by atoms with Crippen LogP contribution in [0.15, 0.2) is 6.33 Å². The largest absolute Gasteiger partial charge is 0.378 e. The van der Waals surface area contributed by atoms with Gasteiger partial charge in [-0.1, -0.05) is 0 Å². The highest BCUT2D eigenvalue weighted by Gasteiger charge is 2.30. The molecule has 4 N–H and O–H groups in total. The van der Waals surface area contributed by atoms with E-state index in [0.717, 1.165) is 6.33 Å². The molecule has 2 rings (SSSR count). The molecule has 2 heterocycles. The van der Waals surface area contributed by atoms with E-state index >= 15 is 0 Å². The molecule has 1 atom stereocenters. The summed E-state index contributed by atoms with van der Waals surface area (Å²) in [7, 11) is 0. The maximum absolute atomic E-state index is 11.5. The van der Waals surface area contributed by atoms with Crippen molar-refractivity contribution in [3.8, 4) is 0 Å². The van der Waals surface area contributed by atoms with Crippen molar-refractivity contribution in [3.05, 3.63) is 16.4 Å². The first-order valence-electron chi connectivity index (χ1n) is 5.34. The lowest BCUT2D eigenvalue weighted by molar-refractivity contribution is -0.383. The second-order valence-electron chi connectivity index (χ2n) is 3.86. The zero-order chi connectivity index (χ0) is 14.0. The molecule has 1 aliphatic heterocycles. The van der Waals surface area contributed by atoms with E-state index in [1.54, 1.807) is 0 Å². The number of piperidine rings is 1. The highest BCUT2D eigenvalue weighted by Crippen LogP contribution is 2.27. The summed E-state index contributed by atoms with van der Waals surface area (Å²) in [5.74, 6) is -1.37. The van der Waals surface area contributed by atoms with Gasteiger partial charge in [-0.05, 0) is 6.42 Å². The number of hydrogen-bond donors (Lipinski definition) is 3. The van der Waals surface area contributed by atoms with Crippen LogP contribution in [0, 0.1) is 10.1 Å². The molecule has 1 saturated heterocycles. The van der Waals surface area contributed by atoms with Crippen LogP contribution in [0.25, 0.3) is 0 Å². The summed E-state index contributed by atoms with van der Waals surface area (Å²) >= 11 is 0. The van der Waals surface area contributed by atoms with Gasteiger partial charge in [0, 0.05) is 6.42 Å². The van der Waals surface area contributed by atoms with Crippen molar-refractivity contribution >= 4 is 29.1 Å². The number of hydrogen-bond acceptors (Lipinski definition) is 8. The Balaban J connectivity index is 2.24. The van der Waals surface area contributed by atoms with E-state index in [-0.39, 0.29) is 30.4 Å². The van der Waals surface area contributed by atoms with Crippen LogP contribution in [0.4, 0.5) is 17.3 Å². The second kappa shape index (κ2) is 4.84. The third kappa shape index (κ3) is 2.56. The monoisotopic (exact) mass is 266 g/mol. The van der Waals surface area contributed by atoms with Crippen LogP contribution in [-0.2, 0) is 9.59 Å². The Morgan fingerprint density at radius 2 is 2.21 bits per heavy atom. The molecule has 0 saturated carbocycles. The minimum atomic E-state index is -0.773. The number of imide groups is 1. The molecule has 1 aromatic heterocycles. The van der Waals surface area contributed by atoms with Gasteiger partial charge in [0.15, 0.2) is 0 Å². The fourth-order valence-electron chi connectivity index (χ4n) is 1.67. The number of amides is 2. The van der Waals surface area contributed by atoms with Gasteiger partial charge in [-0.15, -0.1) is 0 Å². The Bertz CT molecular complexity index is 560. The van der Waals surface area contributed by atoms with E-state index in [4.69, 9.17) is 5.73 Å². The molecule has 2 amide bonds. The number of nitrogen functional groups attached to an aromatic ring is 1. The summed E-state index contributed by atoms with van der Waals surface area (Å²) in [6, 6.07) is -0.773. The Morgan fingerprint density at radius 1 is 1.47 bits per heavy atom. The molecule has 0 aromatic carbocycles. The average Bonchev–Trinajstić information content (AvgIpc) is 2.32. The number of carbonyl (C=O) groups excluding carboxylic acids is 2. The number of carbonyl (C=O) groups is 2. The van der Waals surface area contributed by atoms with E-state index in [1.807, 2.05) is 0 Å². The lowest BCUT2D eigenvalue weighted by Crippen LogP contribution is -2.47. The SMILES string of the molecule is Nc1ncnc(NC2CCC(=O)NC2=O)c1[N+](=O)[O-]. The minimum absolute atomic E-state index is 0.146. The molecule has 1 fully saturated rings. The van der Waals surface area contributed by atoms with E-state index in [2.05, 4.69) is 20.6 Å². The first kappa shape index (κ1) is 12.7. The second-order valence-corrected chi connectivity index (χ2v) is 3.86. The van der Waals surface area contributed by atoms with E-state index in [1.165, 1.54) is 0 Å². The van der Waals surface area contributed by atoms with E-state index in [0.29, 0.717) is 0 Å². The zero-order valence-electron chi connectivity index (χ0n) is 9.62. The van der Waals surface area contributed by atoms with Gasteiger partial charge in [-0.3, -0.25) is 25.0 Å². The van der Waals surface area contributed by atoms with Crippen LogP contribution in [-0.4, -0.2) is 32.7 Å². The van der Waals surface area contributed by atoms with Crippen LogP contribution in [0.3, 0.4) is 0 Å². The molecule has 1 aromatic rings. The molecule has 19 heavy (non-hydrogen) atoms. The van der Waals surface area contributed by atoms with Crippen LogP contribution in [0.2, 0.25) is 0 Å². The van der Waals surface area contributed by atoms with Crippen molar-refractivity contribution in [2.24, 2.45) is 0 Å². The number of rotatable bonds is 3. The summed E-state index contributed by atoms with van der Waals surface area (Å²) in [6.07, 6.45) is 1.43. The number of nitrogens with one attached hydrogen (secondary N) is 2. The lowest BCUT2D eigenvalue weighted by atomic mass is 10.1. The Labute approximate surface area is 106 Å². The first-order chi connectivity index (χ1) is 8.99. The lowest BCUT2D eigenvalue weighted by Gasteiger charge is -2.21. The van der Waals surface area contributed by atoms with Gasteiger partial charge in [0.05, 0.1) is 4.92 Å². The smallest absolute Gasteiger partial charge is 0.353 e. The van der Waals surface area contributed by atoms with E-state index in [9.17, 15) is 19.7 Å². The van der Waals surface area contributed by atoms with Crippen LogP contribution in [0.5, 0.6) is 0 Å². The predicted molar refractivity (Wildman–Crippen MR) is 62.9 cm³/mol. The van der Waals surface area contributed by atoms with Gasteiger partial charge in [0.2, 0.25) is 23.5 Å². The maximum atomic E-state index is 11.5. The molecule has 100 valence electrons. The molecule has 1 unspecified atom stereocenters. The van der Waals surface area contributed by atoms with Gasteiger partial charge < -0.3 is 11.1 Å². The van der Waals surface area contributed by atoms with Gasteiger partial charge >= 0.3 is 5.69 Å². The van der Waals surface area contributed by atoms with Crippen molar-refractivity contribution in [3.63, 3.8) is 0 Å². The number of nitro groups is 1. The normalized spacial score (nSPS) is 18.8. The summed E-state index contributed by atoms with van der Waals surface area (Å²) in [4.78, 5) is 39.9. The molecule has 0 radical (unpaired) electrons. The molecule has 10 heteroatoms. The van der Waals surface area contributed by atoms with Crippen LogP contribution in [0.1, 0.15) is 12.8 Å². The number of anilines is 2. The van der Waals surface area contributed by atoms with Crippen molar-refractivity contribution < 1.29 is 14.5 Å². The average molecular weight is 266 g/mol. The predicted octanol–water partition coefficient (Wildman–Crippen LogP) is -0.816. The van der Waals surface area contributed by atoms with Gasteiger partial charge in [0.1, 0.15) is 12.4 Å². The van der Waals surface area contributed by atoms with Crippen molar-refractivity contribution in [1.29, 1.82) is 0 Å². The molecule has 0 bridgehead atoms. The quantitative estimate of drug-likeness (QED) is 0.364. The number of nitrogens with zero attached hydrogens (tertiary/aromatic N) is 3. The van der Waals surface area contributed by atoms with Crippen LogP contribution >= 0.6 is 0 Å². The molecule has 1 aliphatic rings. The third-order valence-corrected chi connectivity index (χ3v) is 2.58. The fourth-order valence-corrected chi connectivity index (χ4v) is 1.67. The van der Waals surface area contributed by atoms with Crippen LogP contribution < -0.4 is 16.4 Å². The molecule has 0 aliphatic carbocycles. The summed E-state index contributed by atoms with van der Waals surface area (Å²) in [6.45, 7) is 0. The number of aromatic nitrogens is 2.